The van der Waals surface area contributed by atoms with Crippen LogP contribution in [0.1, 0.15) is 12.5 Å². The number of rotatable bonds is 3. The van der Waals surface area contributed by atoms with Crippen molar-refractivity contribution in [2.75, 3.05) is 13.6 Å². The Morgan fingerprint density at radius 3 is 2.71 bits per heavy atom. The Kier molecular flexibility index (Phi) is 3.76. The molecule has 1 heterocycles. The normalized spacial score (nSPS) is 23.6. The van der Waals surface area contributed by atoms with E-state index in [0.717, 1.165) is 5.56 Å². The Labute approximate surface area is 102 Å². The Hall–Kier alpha value is -1.39. The van der Waals surface area contributed by atoms with Crippen molar-refractivity contribution in [2.45, 2.75) is 19.5 Å². The molecule has 17 heavy (non-hydrogen) atoms. The van der Waals surface area contributed by atoms with Crippen LogP contribution in [0.2, 0.25) is 0 Å². The third-order valence-electron chi connectivity index (χ3n) is 3.21. The first-order chi connectivity index (χ1) is 8.18. The topological polar surface area (TPSA) is 44.4 Å². The quantitative estimate of drug-likeness (QED) is 0.810. The van der Waals surface area contributed by atoms with Crippen LogP contribution in [0.4, 0.5) is 0 Å². The molecule has 1 fully saturated rings. The summed E-state index contributed by atoms with van der Waals surface area (Å²) >= 11 is 0. The third-order valence-corrected chi connectivity index (χ3v) is 3.21. The van der Waals surface area contributed by atoms with E-state index in [2.05, 4.69) is 10.9 Å². The van der Waals surface area contributed by atoms with Crippen molar-refractivity contribution in [1.82, 2.24) is 15.8 Å². The van der Waals surface area contributed by atoms with E-state index in [-0.39, 0.29) is 17.9 Å². The molecule has 1 aliphatic heterocycles. The number of nitrogens with zero attached hydrogens (tertiary/aromatic N) is 1. The van der Waals surface area contributed by atoms with Gasteiger partial charge in [-0.1, -0.05) is 30.3 Å². The zero-order valence-corrected chi connectivity index (χ0v) is 10.3. The lowest BCUT2D eigenvalue weighted by atomic mass is 10.0. The van der Waals surface area contributed by atoms with E-state index in [4.69, 9.17) is 0 Å². The Balaban J connectivity index is 1.96. The molecule has 1 amide bonds. The summed E-state index contributed by atoms with van der Waals surface area (Å²) in [6, 6.07) is 10.2. The summed E-state index contributed by atoms with van der Waals surface area (Å²) in [5, 5.41) is 0. The predicted octanol–water partition coefficient (Wildman–Crippen LogP) is 0.758. The van der Waals surface area contributed by atoms with Gasteiger partial charge in [-0.15, -0.1) is 0 Å². The molecule has 4 heteroatoms. The van der Waals surface area contributed by atoms with E-state index in [9.17, 15) is 4.79 Å². The van der Waals surface area contributed by atoms with Gasteiger partial charge in [0.1, 0.15) is 0 Å². The van der Waals surface area contributed by atoms with Gasteiger partial charge in [0.2, 0.25) is 5.91 Å². The van der Waals surface area contributed by atoms with Crippen molar-refractivity contribution < 1.29 is 4.79 Å². The number of hydrogen-bond donors (Lipinski definition) is 2. The highest BCUT2D eigenvalue weighted by Crippen LogP contribution is 2.12. The van der Waals surface area contributed by atoms with Gasteiger partial charge in [-0.2, -0.15) is 0 Å². The lowest BCUT2D eigenvalue weighted by Crippen LogP contribution is -2.38. The van der Waals surface area contributed by atoms with Crippen LogP contribution in [0.3, 0.4) is 0 Å². The molecule has 2 N–H and O–H groups in total. The molecule has 2 atom stereocenters. The first kappa shape index (κ1) is 12.1. The number of benzene rings is 1. The van der Waals surface area contributed by atoms with Crippen LogP contribution >= 0.6 is 0 Å². The zero-order chi connectivity index (χ0) is 12.3. The SMILES string of the molecule is CC1NNCC1C(=O)N(C)Cc1ccccc1. The van der Waals surface area contributed by atoms with Crippen LogP contribution in [-0.2, 0) is 11.3 Å². The second-order valence-electron chi connectivity index (χ2n) is 4.60. The maximum Gasteiger partial charge on any atom is 0.228 e. The van der Waals surface area contributed by atoms with Gasteiger partial charge < -0.3 is 4.90 Å². The molecule has 1 aliphatic rings. The highest BCUT2D eigenvalue weighted by molar-refractivity contribution is 5.79. The van der Waals surface area contributed by atoms with Crippen LogP contribution in [-0.4, -0.2) is 30.4 Å². The molecule has 1 aromatic carbocycles. The molecule has 0 aliphatic carbocycles. The van der Waals surface area contributed by atoms with E-state index in [1.807, 2.05) is 44.3 Å². The number of carbonyl (C=O) groups excluding carboxylic acids is 1. The first-order valence-electron chi connectivity index (χ1n) is 5.96. The van der Waals surface area contributed by atoms with Crippen LogP contribution in [0.15, 0.2) is 30.3 Å². The zero-order valence-electron chi connectivity index (χ0n) is 10.3. The molecule has 2 rings (SSSR count). The minimum Gasteiger partial charge on any atom is -0.341 e. The van der Waals surface area contributed by atoms with Crippen LogP contribution in [0.25, 0.3) is 0 Å². The van der Waals surface area contributed by atoms with E-state index in [1.165, 1.54) is 0 Å². The number of nitrogens with one attached hydrogen (secondary N) is 2. The number of amides is 1. The van der Waals surface area contributed by atoms with Crippen molar-refractivity contribution in [1.29, 1.82) is 0 Å². The fourth-order valence-electron chi connectivity index (χ4n) is 2.13. The smallest absolute Gasteiger partial charge is 0.228 e. The van der Waals surface area contributed by atoms with Crippen molar-refractivity contribution in [3.8, 4) is 0 Å². The molecule has 92 valence electrons. The van der Waals surface area contributed by atoms with Gasteiger partial charge in [0.25, 0.3) is 0 Å². The number of hydrogen-bond acceptors (Lipinski definition) is 3. The van der Waals surface area contributed by atoms with Crippen molar-refractivity contribution in [3.05, 3.63) is 35.9 Å². The van der Waals surface area contributed by atoms with E-state index >= 15 is 0 Å². The van der Waals surface area contributed by atoms with Crippen molar-refractivity contribution >= 4 is 5.91 Å². The van der Waals surface area contributed by atoms with Gasteiger partial charge in [-0.3, -0.25) is 15.6 Å². The van der Waals surface area contributed by atoms with Gasteiger partial charge in [0.05, 0.1) is 5.92 Å². The standard InChI is InChI=1S/C13H19N3O/c1-10-12(8-14-15-10)13(17)16(2)9-11-6-4-3-5-7-11/h3-7,10,12,14-15H,8-9H2,1-2H3. The summed E-state index contributed by atoms with van der Waals surface area (Å²) in [7, 11) is 1.86. The molecule has 0 saturated carbocycles. The largest absolute Gasteiger partial charge is 0.341 e. The summed E-state index contributed by atoms with van der Waals surface area (Å²) in [4.78, 5) is 14.0. The average Bonchev–Trinajstić information content (AvgIpc) is 2.76. The summed E-state index contributed by atoms with van der Waals surface area (Å²) in [5.41, 5.74) is 7.26. The summed E-state index contributed by atoms with van der Waals surface area (Å²) < 4.78 is 0. The molecule has 1 saturated heterocycles. The van der Waals surface area contributed by atoms with Gasteiger partial charge in [0, 0.05) is 26.2 Å². The molecule has 0 spiro atoms. The van der Waals surface area contributed by atoms with Crippen LogP contribution < -0.4 is 10.9 Å². The lowest BCUT2D eigenvalue weighted by molar-refractivity contribution is -0.134. The van der Waals surface area contributed by atoms with Gasteiger partial charge in [-0.05, 0) is 12.5 Å². The van der Waals surface area contributed by atoms with Crippen LogP contribution in [0.5, 0.6) is 0 Å². The Morgan fingerprint density at radius 2 is 2.12 bits per heavy atom. The summed E-state index contributed by atoms with van der Waals surface area (Å²) in [6.45, 7) is 3.40. The fourth-order valence-corrected chi connectivity index (χ4v) is 2.13. The van der Waals surface area contributed by atoms with Crippen molar-refractivity contribution in [2.24, 2.45) is 5.92 Å². The lowest BCUT2D eigenvalue weighted by Gasteiger charge is -2.22. The molecule has 0 aromatic heterocycles. The summed E-state index contributed by atoms with van der Waals surface area (Å²) in [5.74, 6) is 0.225. The monoisotopic (exact) mass is 233 g/mol. The second kappa shape index (κ2) is 5.29. The van der Waals surface area contributed by atoms with Crippen LogP contribution in [0, 0.1) is 5.92 Å². The Bertz CT molecular complexity index is 380. The molecular formula is C13H19N3O. The van der Waals surface area contributed by atoms with Crippen molar-refractivity contribution in [3.63, 3.8) is 0 Å². The second-order valence-corrected chi connectivity index (χ2v) is 4.60. The maximum atomic E-state index is 12.2. The molecule has 1 aromatic rings. The highest BCUT2D eigenvalue weighted by atomic mass is 16.2. The van der Waals surface area contributed by atoms with E-state index < -0.39 is 0 Å². The number of hydrazine groups is 1. The summed E-state index contributed by atoms with van der Waals surface area (Å²) in [6.07, 6.45) is 0. The number of carbonyl (C=O) groups is 1. The predicted molar refractivity (Wildman–Crippen MR) is 67.0 cm³/mol. The highest BCUT2D eigenvalue weighted by Gasteiger charge is 2.31. The van der Waals surface area contributed by atoms with E-state index in [0.29, 0.717) is 13.1 Å². The fraction of sp³-hybridized carbons (Fsp3) is 0.462. The van der Waals surface area contributed by atoms with Gasteiger partial charge >= 0.3 is 0 Å². The first-order valence-corrected chi connectivity index (χ1v) is 5.96. The van der Waals surface area contributed by atoms with Gasteiger partial charge in [-0.25, -0.2) is 0 Å². The maximum absolute atomic E-state index is 12.2. The minimum atomic E-state index is 0.0312. The Morgan fingerprint density at radius 1 is 1.41 bits per heavy atom. The minimum absolute atomic E-state index is 0.0312. The molecule has 0 bridgehead atoms. The third kappa shape index (κ3) is 2.84. The average molecular weight is 233 g/mol. The van der Waals surface area contributed by atoms with Gasteiger partial charge in [0.15, 0.2) is 0 Å². The molecule has 2 unspecified atom stereocenters. The molecular weight excluding hydrogens is 214 g/mol. The van der Waals surface area contributed by atoms with E-state index in [1.54, 1.807) is 4.90 Å². The molecule has 4 nitrogen and oxygen atoms in total. The molecule has 0 radical (unpaired) electrons.